The van der Waals surface area contributed by atoms with Gasteiger partial charge in [-0.05, 0) is 37.6 Å². The van der Waals surface area contributed by atoms with Crippen LogP contribution in [0.2, 0.25) is 0 Å². The maximum absolute atomic E-state index is 13.5. The van der Waals surface area contributed by atoms with Gasteiger partial charge in [0.25, 0.3) is 0 Å². The molecule has 1 aromatic carbocycles. The first kappa shape index (κ1) is 13.9. The summed E-state index contributed by atoms with van der Waals surface area (Å²) in [5, 5.41) is 19.2. The van der Waals surface area contributed by atoms with E-state index in [2.05, 4.69) is 12.1 Å². The van der Waals surface area contributed by atoms with Crippen LogP contribution in [0.1, 0.15) is 19.4 Å². The normalized spacial score (nSPS) is 29.8. The molecule has 4 nitrogen and oxygen atoms in total. The van der Waals surface area contributed by atoms with E-state index in [1.165, 1.54) is 12.1 Å². The summed E-state index contributed by atoms with van der Waals surface area (Å²) < 4.78 is 19.4. The van der Waals surface area contributed by atoms with Crippen molar-refractivity contribution >= 4 is 5.69 Å². The number of ether oxygens (including phenoxy) is 1. The molecule has 0 bridgehead atoms. The number of halogens is 1. The molecule has 0 N–H and O–H groups in total. The number of hydrogen-bond acceptors (Lipinski definition) is 4. The van der Waals surface area contributed by atoms with E-state index in [4.69, 9.17) is 4.74 Å². The van der Waals surface area contributed by atoms with Gasteiger partial charge >= 0.3 is 0 Å². The minimum atomic E-state index is -1.21. The van der Waals surface area contributed by atoms with Crippen molar-refractivity contribution in [3.63, 3.8) is 0 Å². The minimum absolute atomic E-state index is 0.00217. The summed E-state index contributed by atoms with van der Waals surface area (Å²) in [5.74, 6) is -0.341. The zero-order chi connectivity index (χ0) is 15.2. The van der Waals surface area contributed by atoms with E-state index < -0.39 is 5.41 Å². The van der Waals surface area contributed by atoms with Gasteiger partial charge in [-0.3, -0.25) is 0 Å². The van der Waals surface area contributed by atoms with Crippen molar-refractivity contribution in [2.45, 2.75) is 38.5 Å². The predicted molar refractivity (Wildman–Crippen MR) is 74.9 cm³/mol. The van der Waals surface area contributed by atoms with E-state index in [1.807, 2.05) is 18.7 Å². The van der Waals surface area contributed by atoms with Crippen LogP contribution in [0.25, 0.3) is 0 Å². The SMILES string of the molecule is CC1CN2c3ccc(F)cc3CC(C#N)(C#N)C2C(C)O1. The lowest BCUT2D eigenvalue weighted by molar-refractivity contribution is -0.0467. The zero-order valence-corrected chi connectivity index (χ0v) is 12.0. The van der Waals surface area contributed by atoms with Gasteiger partial charge in [0.1, 0.15) is 5.82 Å². The minimum Gasteiger partial charge on any atom is -0.371 e. The molecule has 0 amide bonds. The molecule has 0 radical (unpaired) electrons. The van der Waals surface area contributed by atoms with Crippen LogP contribution in [-0.4, -0.2) is 24.8 Å². The summed E-state index contributed by atoms with van der Waals surface area (Å²) >= 11 is 0. The van der Waals surface area contributed by atoms with Gasteiger partial charge < -0.3 is 9.64 Å². The Labute approximate surface area is 123 Å². The first-order chi connectivity index (χ1) is 10.0. The number of benzene rings is 1. The maximum atomic E-state index is 13.5. The van der Waals surface area contributed by atoms with Crippen molar-refractivity contribution in [3.8, 4) is 12.1 Å². The standard InChI is InChI=1S/C16H16FN3O/c1-10-7-20-14-4-3-13(17)5-12(14)6-16(8-18,9-19)15(20)11(2)21-10/h3-5,10-11,15H,6-7H2,1-2H3. The first-order valence-corrected chi connectivity index (χ1v) is 7.04. The van der Waals surface area contributed by atoms with Crippen LogP contribution < -0.4 is 4.90 Å². The van der Waals surface area contributed by atoms with E-state index in [0.717, 1.165) is 11.3 Å². The fraction of sp³-hybridized carbons (Fsp3) is 0.500. The molecule has 2 aliphatic heterocycles. The Bertz CT molecular complexity index is 646. The third-order valence-corrected chi connectivity index (χ3v) is 4.41. The highest BCUT2D eigenvalue weighted by atomic mass is 19.1. The molecule has 3 atom stereocenters. The molecular weight excluding hydrogens is 269 g/mol. The third-order valence-electron chi connectivity index (χ3n) is 4.41. The van der Waals surface area contributed by atoms with E-state index in [-0.39, 0.29) is 30.5 Å². The van der Waals surface area contributed by atoms with Crippen molar-refractivity contribution in [2.24, 2.45) is 5.41 Å². The monoisotopic (exact) mass is 285 g/mol. The van der Waals surface area contributed by atoms with Gasteiger partial charge in [0.05, 0.1) is 30.4 Å². The second-order valence-electron chi connectivity index (χ2n) is 5.89. The van der Waals surface area contributed by atoms with Crippen LogP contribution in [0.15, 0.2) is 18.2 Å². The quantitative estimate of drug-likeness (QED) is 0.734. The molecule has 0 saturated carbocycles. The number of rotatable bonds is 0. The van der Waals surface area contributed by atoms with Crippen LogP contribution in [0, 0.1) is 33.9 Å². The molecule has 3 rings (SSSR count). The number of nitrogens with zero attached hydrogens (tertiary/aromatic N) is 3. The van der Waals surface area contributed by atoms with Crippen LogP contribution in [0.5, 0.6) is 0 Å². The summed E-state index contributed by atoms with van der Waals surface area (Å²) in [6.45, 7) is 4.45. The number of anilines is 1. The van der Waals surface area contributed by atoms with Crippen molar-refractivity contribution in [1.29, 1.82) is 10.5 Å². The van der Waals surface area contributed by atoms with Gasteiger partial charge in [0.2, 0.25) is 0 Å². The van der Waals surface area contributed by atoms with Crippen molar-refractivity contribution in [1.82, 2.24) is 0 Å². The summed E-state index contributed by atoms with van der Waals surface area (Å²) in [5.41, 5.74) is 0.417. The Hall–Kier alpha value is -2.11. The average molecular weight is 285 g/mol. The highest BCUT2D eigenvalue weighted by Gasteiger charge is 2.53. The van der Waals surface area contributed by atoms with Crippen LogP contribution >= 0.6 is 0 Å². The van der Waals surface area contributed by atoms with Crippen molar-refractivity contribution in [2.75, 3.05) is 11.4 Å². The number of fused-ring (bicyclic) bond motifs is 3. The van der Waals surface area contributed by atoms with E-state index in [9.17, 15) is 14.9 Å². The average Bonchev–Trinajstić information content (AvgIpc) is 2.45. The molecule has 0 aromatic heterocycles. The molecular formula is C16H16FN3O. The second kappa shape index (κ2) is 4.72. The van der Waals surface area contributed by atoms with Gasteiger partial charge in [-0.2, -0.15) is 10.5 Å². The number of hydrogen-bond donors (Lipinski definition) is 0. The smallest absolute Gasteiger partial charge is 0.170 e. The molecule has 1 fully saturated rings. The van der Waals surface area contributed by atoms with Gasteiger partial charge in [-0.1, -0.05) is 0 Å². The Morgan fingerprint density at radius 3 is 2.71 bits per heavy atom. The van der Waals surface area contributed by atoms with E-state index in [0.29, 0.717) is 6.54 Å². The van der Waals surface area contributed by atoms with Crippen LogP contribution in [0.3, 0.4) is 0 Å². The van der Waals surface area contributed by atoms with Gasteiger partial charge in [0, 0.05) is 18.7 Å². The topological polar surface area (TPSA) is 60.0 Å². The van der Waals surface area contributed by atoms with Gasteiger partial charge in [-0.25, -0.2) is 4.39 Å². The fourth-order valence-corrected chi connectivity index (χ4v) is 3.66. The number of nitriles is 2. The fourth-order valence-electron chi connectivity index (χ4n) is 3.66. The predicted octanol–water partition coefficient (Wildman–Crippen LogP) is 2.40. The molecule has 0 aliphatic carbocycles. The Morgan fingerprint density at radius 2 is 2.05 bits per heavy atom. The molecule has 2 heterocycles. The summed E-state index contributed by atoms with van der Waals surface area (Å²) in [6.07, 6.45) is 0.00433. The Balaban J connectivity index is 2.18. The molecule has 1 saturated heterocycles. The lowest BCUT2D eigenvalue weighted by Gasteiger charge is -2.51. The Morgan fingerprint density at radius 1 is 1.33 bits per heavy atom. The van der Waals surface area contributed by atoms with Gasteiger partial charge in [-0.15, -0.1) is 0 Å². The Kier molecular flexibility index (Phi) is 3.11. The van der Waals surface area contributed by atoms with Crippen molar-refractivity contribution in [3.05, 3.63) is 29.6 Å². The third kappa shape index (κ3) is 1.97. The highest BCUT2D eigenvalue weighted by Crippen LogP contribution is 2.44. The molecule has 1 aromatic rings. The summed E-state index contributed by atoms with van der Waals surface area (Å²) in [7, 11) is 0. The molecule has 21 heavy (non-hydrogen) atoms. The maximum Gasteiger partial charge on any atom is 0.170 e. The first-order valence-electron chi connectivity index (χ1n) is 7.04. The van der Waals surface area contributed by atoms with Crippen LogP contribution in [-0.2, 0) is 11.2 Å². The molecule has 3 unspecified atom stereocenters. The number of morpholine rings is 1. The molecule has 0 spiro atoms. The van der Waals surface area contributed by atoms with Crippen LogP contribution in [0.4, 0.5) is 10.1 Å². The zero-order valence-electron chi connectivity index (χ0n) is 12.0. The summed E-state index contributed by atoms with van der Waals surface area (Å²) in [6, 6.07) is 8.59. The summed E-state index contributed by atoms with van der Waals surface area (Å²) in [4.78, 5) is 2.05. The van der Waals surface area contributed by atoms with Gasteiger partial charge in [0.15, 0.2) is 5.41 Å². The lowest BCUT2D eigenvalue weighted by atomic mass is 9.71. The van der Waals surface area contributed by atoms with Crippen molar-refractivity contribution < 1.29 is 9.13 Å². The second-order valence-corrected chi connectivity index (χ2v) is 5.89. The molecule has 2 aliphatic rings. The van der Waals surface area contributed by atoms with E-state index in [1.54, 1.807) is 6.07 Å². The largest absolute Gasteiger partial charge is 0.371 e. The lowest BCUT2D eigenvalue weighted by Crippen LogP contribution is -2.63. The molecule has 5 heteroatoms. The highest BCUT2D eigenvalue weighted by molar-refractivity contribution is 5.61. The molecule has 108 valence electrons. The van der Waals surface area contributed by atoms with E-state index >= 15 is 0 Å².